The number of benzene rings is 1. The summed E-state index contributed by atoms with van der Waals surface area (Å²) in [6.07, 6.45) is 2.67. The Bertz CT molecular complexity index is 601. The fourth-order valence-corrected chi connectivity index (χ4v) is 2.23. The number of nitrogens with zero attached hydrogens (tertiary/aromatic N) is 1. The van der Waals surface area contributed by atoms with Gasteiger partial charge in [-0.15, -0.1) is 0 Å². The Hall–Kier alpha value is -1.68. The maximum atomic E-state index is 11.2. The van der Waals surface area contributed by atoms with Gasteiger partial charge in [-0.1, -0.05) is 37.3 Å². The lowest BCUT2D eigenvalue weighted by atomic mass is 10.0. The fraction of sp³-hybridized carbons (Fsp3) is 0.231. The summed E-state index contributed by atoms with van der Waals surface area (Å²) in [5.41, 5.74) is 1.03. The third kappa shape index (κ3) is 2.53. The van der Waals surface area contributed by atoms with E-state index in [1.807, 2.05) is 22.8 Å². The predicted octanol–water partition coefficient (Wildman–Crippen LogP) is 2.91. The summed E-state index contributed by atoms with van der Waals surface area (Å²) in [5, 5.41) is 0. The summed E-state index contributed by atoms with van der Waals surface area (Å²) in [6, 6.07) is 11.8. The van der Waals surface area contributed by atoms with Crippen molar-refractivity contribution in [2.24, 2.45) is 0 Å². The first-order chi connectivity index (χ1) is 8.22. The van der Waals surface area contributed by atoms with Gasteiger partial charge in [0.25, 0.3) is 5.56 Å². The number of aromatic nitrogens is 2. The zero-order valence-corrected chi connectivity index (χ0v) is 10.4. The minimum atomic E-state index is -0.158. The number of hydrogen-bond acceptors (Lipinski definition) is 2. The molecule has 1 atom stereocenters. The van der Waals surface area contributed by atoms with Gasteiger partial charge in [-0.25, -0.2) is 0 Å². The van der Waals surface area contributed by atoms with Gasteiger partial charge in [-0.2, -0.15) is 0 Å². The Balaban J connectivity index is 2.50. The van der Waals surface area contributed by atoms with Crippen molar-refractivity contribution in [3.63, 3.8) is 0 Å². The maximum absolute atomic E-state index is 11.2. The molecular formula is C13H14N2OS. The molecular weight excluding hydrogens is 232 g/mol. The monoisotopic (exact) mass is 246 g/mol. The minimum absolute atomic E-state index is 0.158. The lowest BCUT2D eigenvalue weighted by Gasteiger charge is -2.19. The van der Waals surface area contributed by atoms with E-state index in [1.54, 1.807) is 6.20 Å². The van der Waals surface area contributed by atoms with Crippen LogP contribution in [0.15, 0.2) is 47.4 Å². The Kier molecular flexibility index (Phi) is 3.54. The van der Waals surface area contributed by atoms with Crippen LogP contribution in [-0.4, -0.2) is 9.55 Å². The molecule has 0 bridgehead atoms. The van der Waals surface area contributed by atoms with E-state index in [9.17, 15) is 4.79 Å². The van der Waals surface area contributed by atoms with Crippen LogP contribution in [0.5, 0.6) is 0 Å². The second kappa shape index (κ2) is 5.10. The van der Waals surface area contributed by atoms with Gasteiger partial charge in [0.1, 0.15) is 0 Å². The summed E-state index contributed by atoms with van der Waals surface area (Å²) in [5.74, 6) is 0. The number of rotatable bonds is 3. The van der Waals surface area contributed by atoms with Crippen molar-refractivity contribution in [1.29, 1.82) is 0 Å². The Morgan fingerprint density at radius 3 is 2.59 bits per heavy atom. The molecule has 0 aliphatic rings. The third-order valence-electron chi connectivity index (χ3n) is 2.76. The van der Waals surface area contributed by atoms with Gasteiger partial charge >= 0.3 is 0 Å². The molecule has 17 heavy (non-hydrogen) atoms. The van der Waals surface area contributed by atoms with Crippen molar-refractivity contribution < 1.29 is 0 Å². The van der Waals surface area contributed by atoms with Crippen LogP contribution in [0.2, 0.25) is 0 Å². The van der Waals surface area contributed by atoms with E-state index in [-0.39, 0.29) is 11.6 Å². The van der Waals surface area contributed by atoms with Crippen LogP contribution in [-0.2, 0) is 0 Å². The highest BCUT2D eigenvalue weighted by atomic mass is 32.1. The topological polar surface area (TPSA) is 37.8 Å². The molecule has 1 aromatic heterocycles. The molecule has 0 saturated heterocycles. The van der Waals surface area contributed by atoms with E-state index in [2.05, 4.69) is 24.0 Å². The van der Waals surface area contributed by atoms with E-state index >= 15 is 0 Å². The zero-order valence-electron chi connectivity index (χ0n) is 9.59. The first kappa shape index (κ1) is 11.8. The molecule has 4 heteroatoms. The van der Waals surface area contributed by atoms with Crippen molar-refractivity contribution in [2.45, 2.75) is 19.4 Å². The summed E-state index contributed by atoms with van der Waals surface area (Å²) in [4.78, 5) is 13.8. The molecule has 2 aromatic rings. The van der Waals surface area contributed by atoms with Gasteiger partial charge in [-0.05, 0) is 24.2 Å². The molecule has 0 radical (unpaired) electrons. The molecule has 0 aliphatic carbocycles. The van der Waals surface area contributed by atoms with Crippen LogP contribution in [0.4, 0.5) is 0 Å². The first-order valence-corrected chi connectivity index (χ1v) is 5.99. The highest BCUT2D eigenvalue weighted by Crippen LogP contribution is 2.20. The fourth-order valence-electron chi connectivity index (χ4n) is 1.94. The molecule has 1 unspecified atom stereocenters. The van der Waals surface area contributed by atoms with Crippen LogP contribution < -0.4 is 5.56 Å². The SMILES string of the molecule is CCC(c1ccccc1)n1ccc(=O)[nH]c1=S. The molecule has 3 nitrogen and oxygen atoms in total. The van der Waals surface area contributed by atoms with Crippen LogP contribution >= 0.6 is 12.2 Å². The minimum Gasteiger partial charge on any atom is -0.318 e. The lowest BCUT2D eigenvalue weighted by molar-refractivity contribution is 0.546. The summed E-state index contributed by atoms with van der Waals surface area (Å²) in [6.45, 7) is 2.10. The summed E-state index contributed by atoms with van der Waals surface area (Å²) in [7, 11) is 0. The highest BCUT2D eigenvalue weighted by Gasteiger charge is 2.10. The summed E-state index contributed by atoms with van der Waals surface area (Å²) >= 11 is 5.19. The smallest absolute Gasteiger partial charge is 0.251 e. The van der Waals surface area contributed by atoms with Crippen molar-refractivity contribution in [3.8, 4) is 0 Å². The van der Waals surface area contributed by atoms with E-state index in [0.717, 1.165) is 6.42 Å². The van der Waals surface area contributed by atoms with E-state index in [4.69, 9.17) is 12.2 Å². The molecule has 0 saturated carbocycles. The van der Waals surface area contributed by atoms with E-state index < -0.39 is 0 Å². The Morgan fingerprint density at radius 2 is 2.00 bits per heavy atom. The maximum Gasteiger partial charge on any atom is 0.251 e. The quantitative estimate of drug-likeness (QED) is 0.846. The van der Waals surface area contributed by atoms with Crippen molar-refractivity contribution in [1.82, 2.24) is 9.55 Å². The molecule has 88 valence electrons. The van der Waals surface area contributed by atoms with Gasteiger partial charge in [0.15, 0.2) is 4.77 Å². The number of nitrogens with one attached hydrogen (secondary N) is 1. The van der Waals surface area contributed by atoms with Crippen LogP contribution in [0.3, 0.4) is 0 Å². The molecule has 1 N–H and O–H groups in total. The average molecular weight is 246 g/mol. The summed E-state index contributed by atoms with van der Waals surface area (Å²) < 4.78 is 2.39. The van der Waals surface area contributed by atoms with Gasteiger partial charge < -0.3 is 4.57 Å². The molecule has 0 fully saturated rings. The molecule has 0 amide bonds. The molecule has 1 aromatic carbocycles. The van der Waals surface area contributed by atoms with Gasteiger partial charge in [0.05, 0.1) is 6.04 Å². The van der Waals surface area contributed by atoms with E-state index in [0.29, 0.717) is 4.77 Å². The largest absolute Gasteiger partial charge is 0.318 e. The second-order valence-electron chi connectivity index (χ2n) is 3.85. The Labute approximate surface area is 105 Å². The third-order valence-corrected chi connectivity index (χ3v) is 3.07. The molecule has 0 aliphatic heterocycles. The van der Waals surface area contributed by atoms with Crippen molar-refractivity contribution >= 4 is 12.2 Å². The van der Waals surface area contributed by atoms with Gasteiger partial charge in [0, 0.05) is 12.3 Å². The molecule has 1 heterocycles. The zero-order chi connectivity index (χ0) is 12.3. The van der Waals surface area contributed by atoms with Crippen LogP contribution in [0.25, 0.3) is 0 Å². The highest BCUT2D eigenvalue weighted by molar-refractivity contribution is 7.71. The predicted molar refractivity (Wildman–Crippen MR) is 70.8 cm³/mol. The number of aromatic amines is 1. The second-order valence-corrected chi connectivity index (χ2v) is 4.24. The van der Waals surface area contributed by atoms with E-state index in [1.165, 1.54) is 11.6 Å². The number of H-pyrrole nitrogens is 1. The van der Waals surface area contributed by atoms with Crippen LogP contribution in [0.1, 0.15) is 24.9 Å². The van der Waals surface area contributed by atoms with Crippen molar-refractivity contribution in [2.75, 3.05) is 0 Å². The molecule has 0 spiro atoms. The van der Waals surface area contributed by atoms with Gasteiger partial charge in [0.2, 0.25) is 0 Å². The molecule has 2 rings (SSSR count). The van der Waals surface area contributed by atoms with Crippen LogP contribution in [0, 0.1) is 4.77 Å². The first-order valence-electron chi connectivity index (χ1n) is 5.58. The number of hydrogen-bond donors (Lipinski definition) is 1. The van der Waals surface area contributed by atoms with Crippen molar-refractivity contribution in [3.05, 3.63) is 63.3 Å². The lowest BCUT2D eigenvalue weighted by Crippen LogP contribution is -2.16. The standard InChI is InChI=1S/C13H14N2OS/c1-2-11(10-6-4-3-5-7-10)15-9-8-12(16)14-13(15)17/h3-9,11H,2H2,1H3,(H,14,16,17). The average Bonchev–Trinajstić information content (AvgIpc) is 2.34. The van der Waals surface area contributed by atoms with Gasteiger partial charge in [-0.3, -0.25) is 9.78 Å². The normalized spacial score (nSPS) is 12.3. The Morgan fingerprint density at radius 1 is 1.29 bits per heavy atom.